The smallest absolute Gasteiger partial charge is 0.264 e. The van der Waals surface area contributed by atoms with Crippen LogP contribution in [0.4, 0.5) is 8.78 Å². The molecule has 1 heterocycles. The summed E-state index contributed by atoms with van der Waals surface area (Å²) in [5.41, 5.74) is -0.167. The zero-order valence-electron chi connectivity index (χ0n) is 11.6. The average molecular weight is 261 g/mol. The normalized spacial score (nSPS) is 38.3. The molecule has 1 spiro atoms. The molecule has 106 valence electrons. The van der Waals surface area contributed by atoms with Crippen molar-refractivity contribution in [1.82, 2.24) is 5.32 Å². The fraction of sp³-hybridized carbons (Fsp3) is 1.00. The second-order valence-corrected chi connectivity index (χ2v) is 6.84. The number of halogens is 2. The van der Waals surface area contributed by atoms with Crippen LogP contribution in [0.1, 0.15) is 52.9 Å². The number of hydrogen-bond acceptors (Lipinski definition) is 2. The Morgan fingerprint density at radius 2 is 1.78 bits per heavy atom. The van der Waals surface area contributed by atoms with E-state index >= 15 is 0 Å². The first kappa shape index (κ1) is 14.2. The Bertz CT molecular complexity index is 280. The third-order valence-electron chi connectivity index (χ3n) is 4.55. The lowest BCUT2D eigenvalue weighted by molar-refractivity contribution is -0.202. The number of rotatable bonds is 1. The molecule has 0 bridgehead atoms. The highest BCUT2D eigenvalue weighted by Gasteiger charge is 2.44. The molecule has 0 aromatic heterocycles. The van der Waals surface area contributed by atoms with E-state index in [9.17, 15) is 8.78 Å². The van der Waals surface area contributed by atoms with E-state index in [1.165, 1.54) is 0 Å². The summed E-state index contributed by atoms with van der Waals surface area (Å²) in [5.74, 6) is 0.667. The zero-order valence-corrected chi connectivity index (χ0v) is 11.6. The molecule has 1 saturated carbocycles. The fourth-order valence-electron chi connectivity index (χ4n) is 3.25. The van der Waals surface area contributed by atoms with Crippen LogP contribution in [-0.2, 0) is 4.74 Å². The summed E-state index contributed by atoms with van der Waals surface area (Å²) in [6, 6.07) is 0. The van der Waals surface area contributed by atoms with E-state index in [0.717, 1.165) is 25.7 Å². The second kappa shape index (κ2) is 5.04. The lowest BCUT2D eigenvalue weighted by atomic mass is 9.70. The van der Waals surface area contributed by atoms with Crippen LogP contribution in [0.3, 0.4) is 0 Å². The van der Waals surface area contributed by atoms with Gasteiger partial charge in [0.25, 0.3) is 6.43 Å². The van der Waals surface area contributed by atoms with Crippen LogP contribution < -0.4 is 5.32 Å². The van der Waals surface area contributed by atoms with E-state index in [1.54, 1.807) is 0 Å². The van der Waals surface area contributed by atoms with Crippen molar-refractivity contribution in [2.24, 2.45) is 11.3 Å². The lowest BCUT2D eigenvalue weighted by Gasteiger charge is -2.48. The highest BCUT2D eigenvalue weighted by molar-refractivity contribution is 4.92. The maximum atomic E-state index is 12.8. The summed E-state index contributed by atoms with van der Waals surface area (Å²) >= 11 is 0. The summed E-state index contributed by atoms with van der Waals surface area (Å²) < 4.78 is 31.2. The molecule has 1 aliphatic carbocycles. The monoisotopic (exact) mass is 261 g/mol. The van der Waals surface area contributed by atoms with Crippen LogP contribution in [0, 0.1) is 11.3 Å². The first-order valence-electron chi connectivity index (χ1n) is 7.03. The molecule has 1 saturated heterocycles. The van der Waals surface area contributed by atoms with Gasteiger partial charge in [0.2, 0.25) is 0 Å². The maximum Gasteiger partial charge on any atom is 0.264 e. The van der Waals surface area contributed by atoms with Crippen LogP contribution in [0.15, 0.2) is 0 Å². The van der Waals surface area contributed by atoms with E-state index in [2.05, 4.69) is 26.1 Å². The Balaban J connectivity index is 1.95. The second-order valence-electron chi connectivity index (χ2n) is 6.84. The third kappa shape index (κ3) is 3.02. The van der Waals surface area contributed by atoms with Gasteiger partial charge in [0.05, 0.1) is 0 Å². The zero-order chi connectivity index (χ0) is 13.4. The Kier molecular flexibility index (Phi) is 3.98. The van der Waals surface area contributed by atoms with Gasteiger partial charge in [-0.2, -0.15) is 0 Å². The third-order valence-corrected chi connectivity index (χ3v) is 4.55. The summed E-state index contributed by atoms with van der Waals surface area (Å²) in [4.78, 5) is 0. The Morgan fingerprint density at radius 1 is 1.17 bits per heavy atom. The molecule has 4 heteroatoms. The van der Waals surface area contributed by atoms with Gasteiger partial charge in [-0.25, -0.2) is 8.78 Å². The Morgan fingerprint density at radius 3 is 2.28 bits per heavy atom. The Hall–Kier alpha value is -0.220. The SMILES string of the molecule is CC(C)(C)C1CCC2(CC1)NCCC(C(F)F)O2. The minimum absolute atomic E-state index is 0.304. The quantitative estimate of drug-likeness (QED) is 0.779. The average Bonchev–Trinajstić information content (AvgIpc) is 2.28. The summed E-state index contributed by atoms with van der Waals surface area (Å²) in [5, 5.41) is 3.34. The van der Waals surface area contributed by atoms with E-state index in [1.807, 2.05) is 0 Å². The largest absolute Gasteiger partial charge is 0.351 e. The van der Waals surface area contributed by atoms with Crippen LogP contribution in [-0.4, -0.2) is 24.8 Å². The van der Waals surface area contributed by atoms with Gasteiger partial charge in [0.15, 0.2) is 0 Å². The van der Waals surface area contributed by atoms with E-state index < -0.39 is 18.3 Å². The van der Waals surface area contributed by atoms with Gasteiger partial charge in [-0.15, -0.1) is 0 Å². The van der Waals surface area contributed by atoms with E-state index in [4.69, 9.17) is 4.74 Å². The molecule has 0 amide bonds. The standard InChI is InChI=1S/C14H25F2NO/c1-13(2,3)10-4-7-14(8-5-10)17-9-6-11(18-14)12(15)16/h10-12,17H,4-9H2,1-3H3. The van der Waals surface area contributed by atoms with Crippen LogP contribution in [0.25, 0.3) is 0 Å². The van der Waals surface area contributed by atoms with Crippen molar-refractivity contribution >= 4 is 0 Å². The van der Waals surface area contributed by atoms with Gasteiger partial charge in [-0.05, 0) is 43.4 Å². The number of alkyl halides is 2. The highest BCUT2D eigenvalue weighted by Crippen LogP contribution is 2.43. The van der Waals surface area contributed by atoms with Gasteiger partial charge in [-0.3, -0.25) is 5.32 Å². The summed E-state index contributed by atoms with van der Waals surface area (Å²) in [6.07, 6.45) is 1.03. The lowest BCUT2D eigenvalue weighted by Crippen LogP contribution is -2.58. The predicted molar refractivity (Wildman–Crippen MR) is 67.6 cm³/mol. The topological polar surface area (TPSA) is 21.3 Å². The molecule has 2 fully saturated rings. The predicted octanol–water partition coefficient (Wildman–Crippen LogP) is 3.56. The highest BCUT2D eigenvalue weighted by atomic mass is 19.3. The molecule has 1 atom stereocenters. The molecule has 0 radical (unpaired) electrons. The molecular weight excluding hydrogens is 236 g/mol. The first-order chi connectivity index (χ1) is 8.32. The molecular formula is C14H25F2NO. The summed E-state index contributed by atoms with van der Waals surface area (Å²) in [6.45, 7) is 7.42. The van der Waals surface area contributed by atoms with Gasteiger partial charge in [0.1, 0.15) is 11.8 Å². The van der Waals surface area contributed by atoms with Gasteiger partial charge >= 0.3 is 0 Å². The van der Waals surface area contributed by atoms with E-state index in [-0.39, 0.29) is 0 Å². The van der Waals surface area contributed by atoms with E-state index in [0.29, 0.717) is 24.3 Å². The number of nitrogens with one attached hydrogen (secondary N) is 1. The minimum Gasteiger partial charge on any atom is -0.351 e. The van der Waals surface area contributed by atoms with Crippen molar-refractivity contribution in [3.63, 3.8) is 0 Å². The van der Waals surface area contributed by atoms with Gasteiger partial charge in [0, 0.05) is 6.54 Å². The molecule has 2 rings (SSSR count). The van der Waals surface area contributed by atoms with Gasteiger partial charge in [-0.1, -0.05) is 20.8 Å². The van der Waals surface area contributed by atoms with Crippen LogP contribution in [0.2, 0.25) is 0 Å². The molecule has 2 nitrogen and oxygen atoms in total. The number of ether oxygens (including phenoxy) is 1. The molecule has 18 heavy (non-hydrogen) atoms. The molecule has 2 aliphatic rings. The van der Waals surface area contributed by atoms with Gasteiger partial charge < -0.3 is 4.74 Å². The summed E-state index contributed by atoms with van der Waals surface area (Å²) in [7, 11) is 0. The molecule has 0 aromatic rings. The Labute approximate surface area is 108 Å². The molecule has 0 aromatic carbocycles. The van der Waals surface area contributed by atoms with Crippen molar-refractivity contribution < 1.29 is 13.5 Å². The van der Waals surface area contributed by atoms with Crippen molar-refractivity contribution in [1.29, 1.82) is 0 Å². The van der Waals surface area contributed by atoms with Crippen molar-refractivity contribution in [3.05, 3.63) is 0 Å². The van der Waals surface area contributed by atoms with Crippen molar-refractivity contribution in [2.75, 3.05) is 6.54 Å². The minimum atomic E-state index is -2.36. The maximum absolute atomic E-state index is 12.8. The van der Waals surface area contributed by atoms with Crippen molar-refractivity contribution in [2.45, 2.75) is 71.1 Å². The molecule has 1 aliphatic heterocycles. The number of hydrogen-bond donors (Lipinski definition) is 1. The molecule has 1 unspecified atom stereocenters. The van der Waals surface area contributed by atoms with Crippen LogP contribution >= 0.6 is 0 Å². The van der Waals surface area contributed by atoms with Crippen LogP contribution in [0.5, 0.6) is 0 Å². The molecule has 1 N–H and O–H groups in total. The van der Waals surface area contributed by atoms with Crippen molar-refractivity contribution in [3.8, 4) is 0 Å². The fourth-order valence-corrected chi connectivity index (χ4v) is 3.25. The first-order valence-corrected chi connectivity index (χ1v) is 7.03.